The number of aliphatic hydroxyl groups is 1. The molecule has 16 heavy (non-hydrogen) atoms. The maximum Gasteiger partial charge on any atom is 0.123 e. The fraction of sp³-hybridized carbons (Fsp3) is 0.308. The van der Waals surface area contributed by atoms with E-state index in [-0.39, 0.29) is 0 Å². The third-order valence-corrected chi connectivity index (χ3v) is 2.96. The lowest BCUT2D eigenvalue weighted by atomic mass is 9.98. The molecule has 0 radical (unpaired) electrons. The van der Waals surface area contributed by atoms with Gasteiger partial charge in [0.25, 0.3) is 0 Å². The van der Waals surface area contributed by atoms with E-state index in [4.69, 9.17) is 0 Å². The Morgan fingerprint density at radius 2 is 2.00 bits per heavy atom. The first kappa shape index (κ1) is 10.9. The van der Waals surface area contributed by atoms with Crippen molar-refractivity contribution in [2.24, 2.45) is 7.05 Å². The lowest BCUT2D eigenvalue weighted by Crippen LogP contribution is -2.04. The van der Waals surface area contributed by atoms with Crippen molar-refractivity contribution in [2.45, 2.75) is 20.0 Å². The second kappa shape index (κ2) is 4.10. The van der Waals surface area contributed by atoms with Gasteiger partial charge >= 0.3 is 0 Å². The van der Waals surface area contributed by atoms with E-state index in [0.717, 1.165) is 11.1 Å². The number of hydrogen-bond donors (Lipinski definition) is 1. The predicted molar refractivity (Wildman–Crippen MR) is 63.2 cm³/mol. The minimum atomic E-state index is -0.638. The Morgan fingerprint density at radius 1 is 1.25 bits per heavy atom. The van der Waals surface area contributed by atoms with Crippen LogP contribution in [0.1, 0.15) is 28.5 Å². The molecular weight excluding hydrogens is 200 g/mol. The molecule has 1 aromatic heterocycles. The van der Waals surface area contributed by atoms with Gasteiger partial charge in [0.1, 0.15) is 6.10 Å². The van der Waals surface area contributed by atoms with Gasteiger partial charge in [-0.15, -0.1) is 0 Å². The normalized spacial score (nSPS) is 12.8. The van der Waals surface area contributed by atoms with Crippen LogP contribution in [0.4, 0.5) is 0 Å². The number of hydrogen-bond acceptors (Lipinski definition) is 2. The monoisotopic (exact) mass is 216 g/mol. The third-order valence-electron chi connectivity index (χ3n) is 2.96. The first-order valence-electron chi connectivity index (χ1n) is 5.33. The SMILES string of the molecule is Cc1cccc(C(O)c2ccn(C)n2)c1C. The van der Waals surface area contributed by atoms with Gasteiger partial charge in [-0.1, -0.05) is 18.2 Å². The van der Waals surface area contributed by atoms with Gasteiger partial charge in [0, 0.05) is 13.2 Å². The summed E-state index contributed by atoms with van der Waals surface area (Å²) in [5, 5.41) is 14.5. The minimum absolute atomic E-state index is 0.638. The average molecular weight is 216 g/mol. The molecule has 1 heterocycles. The van der Waals surface area contributed by atoms with E-state index in [2.05, 4.69) is 5.10 Å². The molecule has 0 amide bonds. The first-order chi connectivity index (χ1) is 7.59. The lowest BCUT2D eigenvalue weighted by molar-refractivity contribution is 0.213. The molecule has 84 valence electrons. The zero-order valence-electron chi connectivity index (χ0n) is 9.81. The van der Waals surface area contributed by atoms with Crippen LogP contribution in [0, 0.1) is 13.8 Å². The van der Waals surface area contributed by atoms with Crippen LogP contribution < -0.4 is 0 Å². The molecule has 0 saturated heterocycles. The average Bonchev–Trinajstić information content (AvgIpc) is 2.68. The van der Waals surface area contributed by atoms with E-state index in [0.29, 0.717) is 5.69 Å². The molecule has 0 fully saturated rings. The zero-order chi connectivity index (χ0) is 11.7. The number of aliphatic hydroxyl groups excluding tert-OH is 1. The molecule has 1 atom stereocenters. The van der Waals surface area contributed by atoms with Crippen LogP contribution in [-0.4, -0.2) is 14.9 Å². The van der Waals surface area contributed by atoms with Crippen LogP contribution >= 0.6 is 0 Å². The van der Waals surface area contributed by atoms with Crippen molar-refractivity contribution in [3.8, 4) is 0 Å². The number of nitrogens with zero attached hydrogens (tertiary/aromatic N) is 2. The summed E-state index contributed by atoms with van der Waals surface area (Å²) in [6.45, 7) is 4.07. The highest BCUT2D eigenvalue weighted by Gasteiger charge is 2.15. The Morgan fingerprint density at radius 3 is 2.62 bits per heavy atom. The van der Waals surface area contributed by atoms with Crippen molar-refractivity contribution in [3.63, 3.8) is 0 Å². The summed E-state index contributed by atoms with van der Waals surface area (Å²) >= 11 is 0. The maximum atomic E-state index is 10.2. The van der Waals surface area contributed by atoms with Gasteiger partial charge in [0.15, 0.2) is 0 Å². The van der Waals surface area contributed by atoms with Crippen molar-refractivity contribution in [1.82, 2.24) is 9.78 Å². The molecule has 0 saturated carbocycles. The Bertz CT molecular complexity index is 502. The summed E-state index contributed by atoms with van der Waals surface area (Å²) in [7, 11) is 1.85. The molecular formula is C13H16N2O. The molecule has 1 N–H and O–H groups in total. The molecule has 1 unspecified atom stereocenters. The van der Waals surface area contributed by atoms with Gasteiger partial charge in [-0.05, 0) is 36.6 Å². The van der Waals surface area contributed by atoms with Crippen LogP contribution in [0.2, 0.25) is 0 Å². The predicted octanol–water partition coefficient (Wildman–Crippen LogP) is 2.12. The molecule has 1 aromatic carbocycles. The molecule has 0 aliphatic carbocycles. The standard InChI is InChI=1S/C13H16N2O/c1-9-5-4-6-11(10(9)2)13(16)12-7-8-15(3)14-12/h4-8,13,16H,1-3H3. The molecule has 3 nitrogen and oxygen atoms in total. The number of aromatic nitrogens is 2. The van der Waals surface area contributed by atoms with Crippen molar-refractivity contribution >= 4 is 0 Å². The van der Waals surface area contributed by atoms with Crippen molar-refractivity contribution < 1.29 is 5.11 Å². The van der Waals surface area contributed by atoms with Crippen LogP contribution in [0.25, 0.3) is 0 Å². The van der Waals surface area contributed by atoms with Crippen molar-refractivity contribution in [2.75, 3.05) is 0 Å². The van der Waals surface area contributed by atoms with Crippen LogP contribution in [0.5, 0.6) is 0 Å². The first-order valence-corrected chi connectivity index (χ1v) is 5.33. The van der Waals surface area contributed by atoms with Gasteiger partial charge in [-0.3, -0.25) is 4.68 Å². The summed E-state index contributed by atoms with van der Waals surface area (Å²) in [6.07, 6.45) is 1.20. The summed E-state index contributed by atoms with van der Waals surface area (Å²) in [4.78, 5) is 0. The van der Waals surface area contributed by atoms with E-state index >= 15 is 0 Å². The van der Waals surface area contributed by atoms with Crippen molar-refractivity contribution in [3.05, 3.63) is 52.8 Å². The Kier molecular flexibility index (Phi) is 2.79. The fourth-order valence-corrected chi connectivity index (χ4v) is 1.81. The highest BCUT2D eigenvalue weighted by Crippen LogP contribution is 2.24. The highest BCUT2D eigenvalue weighted by atomic mass is 16.3. The molecule has 2 rings (SSSR count). The number of aryl methyl sites for hydroxylation is 2. The van der Waals surface area contributed by atoms with E-state index < -0.39 is 6.10 Å². The second-order valence-electron chi connectivity index (χ2n) is 4.11. The van der Waals surface area contributed by atoms with Crippen LogP contribution in [-0.2, 0) is 7.05 Å². The second-order valence-corrected chi connectivity index (χ2v) is 4.11. The summed E-state index contributed by atoms with van der Waals surface area (Å²) in [5.41, 5.74) is 3.93. The molecule has 0 spiro atoms. The summed E-state index contributed by atoms with van der Waals surface area (Å²) < 4.78 is 1.70. The Hall–Kier alpha value is -1.61. The van der Waals surface area contributed by atoms with Crippen LogP contribution in [0.3, 0.4) is 0 Å². The highest BCUT2D eigenvalue weighted by molar-refractivity contribution is 5.37. The van der Waals surface area contributed by atoms with E-state index in [1.54, 1.807) is 4.68 Å². The van der Waals surface area contributed by atoms with Gasteiger partial charge in [-0.25, -0.2) is 0 Å². The molecule has 0 aliphatic rings. The Labute approximate surface area is 95.3 Å². The van der Waals surface area contributed by atoms with E-state index in [1.807, 2.05) is 51.4 Å². The zero-order valence-corrected chi connectivity index (χ0v) is 9.81. The van der Waals surface area contributed by atoms with E-state index in [9.17, 15) is 5.11 Å². The fourth-order valence-electron chi connectivity index (χ4n) is 1.81. The molecule has 0 bridgehead atoms. The summed E-state index contributed by atoms with van der Waals surface area (Å²) in [5.74, 6) is 0. The summed E-state index contributed by atoms with van der Waals surface area (Å²) in [6, 6.07) is 7.79. The quantitative estimate of drug-likeness (QED) is 0.835. The molecule has 3 heteroatoms. The smallest absolute Gasteiger partial charge is 0.123 e. The lowest BCUT2D eigenvalue weighted by Gasteiger charge is -2.13. The van der Waals surface area contributed by atoms with Crippen LogP contribution in [0.15, 0.2) is 30.5 Å². The minimum Gasteiger partial charge on any atom is -0.382 e. The number of rotatable bonds is 2. The largest absolute Gasteiger partial charge is 0.382 e. The number of benzene rings is 1. The Balaban J connectivity index is 2.41. The van der Waals surface area contributed by atoms with Gasteiger partial charge in [0.2, 0.25) is 0 Å². The van der Waals surface area contributed by atoms with Gasteiger partial charge < -0.3 is 5.11 Å². The maximum absolute atomic E-state index is 10.2. The van der Waals surface area contributed by atoms with Gasteiger partial charge in [-0.2, -0.15) is 5.10 Å². The van der Waals surface area contributed by atoms with E-state index in [1.165, 1.54) is 5.56 Å². The topological polar surface area (TPSA) is 38.0 Å². The third kappa shape index (κ3) is 1.86. The molecule has 2 aromatic rings. The van der Waals surface area contributed by atoms with Gasteiger partial charge in [0.05, 0.1) is 5.69 Å². The van der Waals surface area contributed by atoms with Crippen molar-refractivity contribution in [1.29, 1.82) is 0 Å². The molecule has 0 aliphatic heterocycles.